The maximum Gasteiger partial charge on any atom is 0.257 e. The van der Waals surface area contributed by atoms with Crippen molar-refractivity contribution in [2.45, 2.75) is 18.9 Å². The SMILES string of the molecule is Nc1ccc(C(=O)Nc2cccc(OCC3CCCO3)c2)c(Cl)c1. The van der Waals surface area contributed by atoms with Crippen molar-refractivity contribution in [3.8, 4) is 5.75 Å². The molecule has 3 N–H and O–H groups in total. The lowest BCUT2D eigenvalue weighted by molar-refractivity contribution is 0.0680. The number of benzene rings is 2. The molecule has 1 heterocycles. The number of hydrogen-bond acceptors (Lipinski definition) is 4. The molecule has 1 amide bonds. The summed E-state index contributed by atoms with van der Waals surface area (Å²) in [4.78, 5) is 12.3. The second kappa shape index (κ2) is 7.55. The van der Waals surface area contributed by atoms with Gasteiger partial charge in [-0.05, 0) is 43.2 Å². The van der Waals surface area contributed by atoms with Crippen molar-refractivity contribution >= 4 is 28.9 Å². The third kappa shape index (κ3) is 4.19. The Kier molecular flexibility index (Phi) is 5.23. The molecule has 5 nitrogen and oxygen atoms in total. The van der Waals surface area contributed by atoms with E-state index in [4.69, 9.17) is 26.8 Å². The summed E-state index contributed by atoms with van der Waals surface area (Å²) in [5.41, 5.74) is 7.17. The quantitative estimate of drug-likeness (QED) is 0.809. The summed E-state index contributed by atoms with van der Waals surface area (Å²) >= 11 is 6.06. The van der Waals surface area contributed by atoms with Gasteiger partial charge in [0, 0.05) is 24.0 Å². The van der Waals surface area contributed by atoms with Crippen LogP contribution in [0.1, 0.15) is 23.2 Å². The maximum atomic E-state index is 12.3. The van der Waals surface area contributed by atoms with Gasteiger partial charge >= 0.3 is 0 Å². The zero-order chi connectivity index (χ0) is 16.9. The lowest BCUT2D eigenvalue weighted by Crippen LogP contribution is -2.16. The molecule has 1 unspecified atom stereocenters. The number of anilines is 2. The van der Waals surface area contributed by atoms with E-state index in [1.165, 1.54) is 0 Å². The molecule has 1 atom stereocenters. The highest BCUT2D eigenvalue weighted by Crippen LogP contribution is 2.23. The molecule has 2 aromatic rings. The molecule has 6 heteroatoms. The van der Waals surface area contributed by atoms with Crippen molar-refractivity contribution in [1.82, 2.24) is 0 Å². The molecule has 2 aromatic carbocycles. The molecule has 1 saturated heterocycles. The summed E-state index contributed by atoms with van der Waals surface area (Å²) in [6, 6.07) is 12.0. The van der Waals surface area contributed by atoms with Crippen LogP contribution in [0.15, 0.2) is 42.5 Å². The maximum absolute atomic E-state index is 12.3. The van der Waals surface area contributed by atoms with Crippen LogP contribution in [0.3, 0.4) is 0 Å². The monoisotopic (exact) mass is 346 g/mol. The number of amides is 1. The summed E-state index contributed by atoms with van der Waals surface area (Å²) in [7, 11) is 0. The highest BCUT2D eigenvalue weighted by atomic mass is 35.5. The summed E-state index contributed by atoms with van der Waals surface area (Å²) in [6.45, 7) is 1.31. The van der Waals surface area contributed by atoms with E-state index < -0.39 is 0 Å². The summed E-state index contributed by atoms with van der Waals surface area (Å²) in [6.07, 6.45) is 2.25. The summed E-state index contributed by atoms with van der Waals surface area (Å²) in [5.74, 6) is 0.392. The predicted octanol–water partition coefficient (Wildman–Crippen LogP) is 3.73. The number of hydrogen-bond donors (Lipinski definition) is 2. The third-order valence-corrected chi connectivity index (χ3v) is 4.10. The van der Waals surface area contributed by atoms with Gasteiger partial charge in [-0.1, -0.05) is 17.7 Å². The van der Waals surface area contributed by atoms with Gasteiger partial charge in [-0.15, -0.1) is 0 Å². The zero-order valence-electron chi connectivity index (χ0n) is 13.1. The second-order valence-corrected chi connectivity index (χ2v) is 6.07. The van der Waals surface area contributed by atoms with E-state index in [2.05, 4.69) is 5.32 Å². The molecule has 24 heavy (non-hydrogen) atoms. The van der Waals surface area contributed by atoms with Crippen molar-refractivity contribution in [3.05, 3.63) is 53.1 Å². The highest BCUT2D eigenvalue weighted by Gasteiger charge is 2.16. The number of ether oxygens (including phenoxy) is 2. The first-order valence-electron chi connectivity index (χ1n) is 7.82. The topological polar surface area (TPSA) is 73.6 Å². The Morgan fingerprint density at radius 2 is 2.21 bits per heavy atom. The van der Waals surface area contributed by atoms with Gasteiger partial charge in [0.05, 0.1) is 16.7 Å². The van der Waals surface area contributed by atoms with E-state index in [0.717, 1.165) is 19.4 Å². The fourth-order valence-electron chi connectivity index (χ4n) is 2.54. The molecule has 1 aliphatic heterocycles. The first-order chi connectivity index (χ1) is 11.6. The molecule has 1 aliphatic rings. The van der Waals surface area contributed by atoms with Crippen molar-refractivity contribution in [1.29, 1.82) is 0 Å². The average Bonchev–Trinajstić information content (AvgIpc) is 3.06. The average molecular weight is 347 g/mol. The molecule has 0 radical (unpaired) electrons. The van der Waals surface area contributed by atoms with Crippen LogP contribution >= 0.6 is 11.6 Å². The largest absolute Gasteiger partial charge is 0.491 e. The molecule has 0 aliphatic carbocycles. The fourth-order valence-corrected chi connectivity index (χ4v) is 2.82. The van der Waals surface area contributed by atoms with E-state index in [-0.39, 0.29) is 12.0 Å². The number of nitrogens with two attached hydrogens (primary N) is 1. The van der Waals surface area contributed by atoms with Crippen LogP contribution in [-0.2, 0) is 4.74 Å². The van der Waals surface area contributed by atoms with Crippen LogP contribution in [0.4, 0.5) is 11.4 Å². The van der Waals surface area contributed by atoms with Crippen LogP contribution in [0.5, 0.6) is 5.75 Å². The number of nitrogens with one attached hydrogen (secondary N) is 1. The number of carbonyl (C=O) groups is 1. The van der Waals surface area contributed by atoms with Crippen LogP contribution in [0.2, 0.25) is 5.02 Å². The van der Waals surface area contributed by atoms with Crippen molar-refractivity contribution in [2.24, 2.45) is 0 Å². The first kappa shape index (κ1) is 16.6. The molecular formula is C18H19ClN2O3. The fraction of sp³-hybridized carbons (Fsp3) is 0.278. The highest BCUT2D eigenvalue weighted by molar-refractivity contribution is 6.34. The Balaban J connectivity index is 1.64. The number of halogens is 1. The van der Waals surface area contributed by atoms with Crippen LogP contribution < -0.4 is 15.8 Å². The lowest BCUT2D eigenvalue weighted by atomic mass is 10.2. The normalized spacial score (nSPS) is 16.8. The minimum absolute atomic E-state index is 0.150. The molecule has 0 saturated carbocycles. The van der Waals surface area contributed by atoms with Crippen molar-refractivity contribution < 1.29 is 14.3 Å². The predicted molar refractivity (Wildman–Crippen MR) is 94.7 cm³/mol. The van der Waals surface area contributed by atoms with E-state index in [1.807, 2.05) is 12.1 Å². The second-order valence-electron chi connectivity index (χ2n) is 5.67. The zero-order valence-corrected chi connectivity index (χ0v) is 13.9. The van der Waals surface area contributed by atoms with E-state index >= 15 is 0 Å². The Morgan fingerprint density at radius 3 is 2.96 bits per heavy atom. The molecular weight excluding hydrogens is 328 g/mol. The molecule has 0 aromatic heterocycles. The molecule has 0 spiro atoms. The standard InChI is InChI=1S/C18H19ClN2O3/c19-17-9-12(20)6-7-16(17)18(22)21-13-3-1-4-14(10-13)24-11-15-5-2-8-23-15/h1,3-4,6-7,9-10,15H,2,5,8,11,20H2,(H,21,22). The molecule has 126 valence electrons. The van der Waals surface area contributed by atoms with Gasteiger partial charge < -0.3 is 20.5 Å². The Bertz CT molecular complexity index is 730. The Morgan fingerprint density at radius 1 is 1.33 bits per heavy atom. The van der Waals surface area contributed by atoms with Crippen LogP contribution in [-0.4, -0.2) is 25.2 Å². The van der Waals surface area contributed by atoms with E-state index in [9.17, 15) is 4.79 Å². The molecule has 0 bridgehead atoms. The summed E-state index contributed by atoms with van der Waals surface area (Å²) < 4.78 is 11.3. The van der Waals surface area contributed by atoms with Gasteiger partial charge in [-0.2, -0.15) is 0 Å². The van der Waals surface area contributed by atoms with Gasteiger partial charge in [-0.25, -0.2) is 0 Å². The van der Waals surface area contributed by atoms with Gasteiger partial charge in [0.15, 0.2) is 0 Å². The number of carbonyl (C=O) groups excluding carboxylic acids is 1. The lowest BCUT2D eigenvalue weighted by Gasteiger charge is -2.13. The van der Waals surface area contributed by atoms with E-state index in [0.29, 0.717) is 34.3 Å². The van der Waals surface area contributed by atoms with Gasteiger partial charge in [0.1, 0.15) is 12.4 Å². The summed E-state index contributed by atoms with van der Waals surface area (Å²) in [5, 5.41) is 3.13. The minimum Gasteiger partial charge on any atom is -0.491 e. The smallest absolute Gasteiger partial charge is 0.257 e. The molecule has 3 rings (SSSR count). The van der Waals surface area contributed by atoms with Crippen LogP contribution in [0, 0.1) is 0 Å². The van der Waals surface area contributed by atoms with E-state index in [1.54, 1.807) is 30.3 Å². The van der Waals surface area contributed by atoms with Gasteiger partial charge in [-0.3, -0.25) is 4.79 Å². The van der Waals surface area contributed by atoms with Crippen LogP contribution in [0.25, 0.3) is 0 Å². The minimum atomic E-state index is -0.295. The Labute approximate surface area is 145 Å². The van der Waals surface area contributed by atoms with Crippen molar-refractivity contribution in [3.63, 3.8) is 0 Å². The Hall–Kier alpha value is -2.24. The third-order valence-electron chi connectivity index (χ3n) is 3.79. The number of nitrogen functional groups attached to an aromatic ring is 1. The molecule has 1 fully saturated rings. The van der Waals surface area contributed by atoms with Gasteiger partial charge in [0.25, 0.3) is 5.91 Å². The van der Waals surface area contributed by atoms with Crippen molar-refractivity contribution in [2.75, 3.05) is 24.3 Å². The van der Waals surface area contributed by atoms with Gasteiger partial charge in [0.2, 0.25) is 0 Å². The first-order valence-corrected chi connectivity index (χ1v) is 8.20. The number of rotatable bonds is 5.